The predicted molar refractivity (Wildman–Crippen MR) is 108 cm³/mol. The van der Waals surface area contributed by atoms with Gasteiger partial charge in [-0.3, -0.25) is 14.2 Å². The highest BCUT2D eigenvalue weighted by Crippen LogP contribution is 2.12. The van der Waals surface area contributed by atoms with Crippen LogP contribution < -0.4 is 21.5 Å². The number of rotatable bonds is 8. The molecule has 1 amide bonds. The zero-order chi connectivity index (χ0) is 19.8. The lowest BCUT2D eigenvalue weighted by atomic mass is 10.2. The van der Waals surface area contributed by atoms with Gasteiger partial charge in [-0.05, 0) is 31.6 Å². The number of carbonyl (C=O) groups is 1. The smallest absolute Gasteiger partial charge is 0.330 e. The van der Waals surface area contributed by atoms with Gasteiger partial charge < -0.3 is 14.8 Å². The lowest BCUT2D eigenvalue weighted by Crippen LogP contribution is -2.37. The first-order valence-electron chi connectivity index (χ1n) is 8.96. The van der Waals surface area contributed by atoms with Crippen molar-refractivity contribution >= 4 is 17.7 Å². The van der Waals surface area contributed by atoms with Gasteiger partial charge in [0.25, 0.3) is 5.56 Å². The SMILES string of the molecule is CCN(CCCNC(=O)/C=C/c1cn(C)c(=O)n(C)c1=O)c1ccccc1. The van der Waals surface area contributed by atoms with E-state index in [0.717, 1.165) is 29.8 Å². The number of benzene rings is 1. The molecule has 144 valence electrons. The van der Waals surface area contributed by atoms with Crippen LogP contribution in [0.3, 0.4) is 0 Å². The number of nitrogens with zero attached hydrogens (tertiary/aromatic N) is 3. The minimum atomic E-state index is -0.427. The minimum Gasteiger partial charge on any atom is -0.372 e. The van der Waals surface area contributed by atoms with Crippen LogP contribution in [0, 0.1) is 0 Å². The number of aryl methyl sites for hydroxylation is 1. The van der Waals surface area contributed by atoms with Crippen molar-refractivity contribution in [1.82, 2.24) is 14.5 Å². The second kappa shape index (κ2) is 9.56. The molecule has 0 unspecified atom stereocenters. The molecule has 0 aliphatic rings. The average molecular weight is 370 g/mol. The van der Waals surface area contributed by atoms with Crippen LogP contribution in [0.2, 0.25) is 0 Å². The van der Waals surface area contributed by atoms with Crippen LogP contribution in [0.1, 0.15) is 18.9 Å². The van der Waals surface area contributed by atoms with Crippen LogP contribution in [0.4, 0.5) is 5.69 Å². The third kappa shape index (κ3) is 5.44. The number of hydrogen-bond donors (Lipinski definition) is 1. The Morgan fingerprint density at radius 3 is 2.56 bits per heavy atom. The zero-order valence-electron chi connectivity index (χ0n) is 16.0. The standard InChI is InChI=1S/C20H26N4O3/c1-4-24(17-9-6-5-7-10-17)14-8-13-21-18(25)12-11-16-15-22(2)20(27)23(3)19(16)26/h5-7,9-12,15H,4,8,13-14H2,1-3H3,(H,21,25)/b12-11+. The Labute approximate surface area is 158 Å². The van der Waals surface area contributed by atoms with Crippen molar-refractivity contribution in [2.75, 3.05) is 24.5 Å². The van der Waals surface area contributed by atoms with Crippen molar-refractivity contribution < 1.29 is 4.79 Å². The van der Waals surface area contributed by atoms with Crippen LogP contribution >= 0.6 is 0 Å². The first-order valence-corrected chi connectivity index (χ1v) is 8.96. The number of anilines is 1. The Morgan fingerprint density at radius 2 is 1.89 bits per heavy atom. The first kappa shape index (κ1) is 20.2. The van der Waals surface area contributed by atoms with Gasteiger partial charge in [-0.1, -0.05) is 18.2 Å². The van der Waals surface area contributed by atoms with E-state index in [1.807, 2.05) is 18.2 Å². The van der Waals surface area contributed by atoms with Crippen molar-refractivity contribution in [3.63, 3.8) is 0 Å². The minimum absolute atomic E-state index is 0.270. The van der Waals surface area contributed by atoms with Gasteiger partial charge in [0.05, 0.1) is 5.56 Å². The molecule has 7 heteroatoms. The van der Waals surface area contributed by atoms with Gasteiger partial charge in [0.2, 0.25) is 5.91 Å². The Balaban J connectivity index is 1.85. The van der Waals surface area contributed by atoms with Gasteiger partial charge in [0.15, 0.2) is 0 Å². The molecule has 0 aliphatic carbocycles. The highest BCUT2D eigenvalue weighted by Gasteiger charge is 2.05. The second-order valence-corrected chi connectivity index (χ2v) is 6.24. The molecule has 1 aromatic heterocycles. The summed E-state index contributed by atoms with van der Waals surface area (Å²) in [5.41, 5.74) is 0.622. The molecule has 27 heavy (non-hydrogen) atoms. The molecule has 0 radical (unpaired) electrons. The fourth-order valence-corrected chi connectivity index (χ4v) is 2.77. The van der Waals surface area contributed by atoms with E-state index in [4.69, 9.17) is 0 Å². The monoisotopic (exact) mass is 370 g/mol. The molecule has 1 N–H and O–H groups in total. The molecule has 0 bridgehead atoms. The van der Waals surface area contributed by atoms with Gasteiger partial charge in [0.1, 0.15) is 0 Å². The normalized spacial score (nSPS) is 10.9. The number of para-hydroxylation sites is 1. The summed E-state index contributed by atoms with van der Waals surface area (Å²) in [6.45, 7) is 4.37. The summed E-state index contributed by atoms with van der Waals surface area (Å²) < 4.78 is 2.32. The quantitative estimate of drug-likeness (QED) is 0.558. The van der Waals surface area contributed by atoms with Crippen molar-refractivity contribution in [2.24, 2.45) is 14.1 Å². The number of amides is 1. The van der Waals surface area contributed by atoms with E-state index < -0.39 is 11.2 Å². The summed E-state index contributed by atoms with van der Waals surface area (Å²) in [6, 6.07) is 10.1. The summed E-state index contributed by atoms with van der Waals surface area (Å²) in [7, 11) is 2.97. The summed E-state index contributed by atoms with van der Waals surface area (Å²) >= 11 is 0. The molecule has 0 fully saturated rings. The van der Waals surface area contributed by atoms with E-state index in [-0.39, 0.29) is 11.5 Å². The number of aromatic nitrogens is 2. The van der Waals surface area contributed by atoms with Crippen LogP contribution in [0.15, 0.2) is 52.2 Å². The molecule has 0 saturated carbocycles. The predicted octanol–water partition coefficient (Wildman–Crippen LogP) is 1.13. The maximum Gasteiger partial charge on any atom is 0.330 e. The molecule has 1 heterocycles. The van der Waals surface area contributed by atoms with E-state index in [0.29, 0.717) is 6.54 Å². The van der Waals surface area contributed by atoms with Crippen LogP contribution in [-0.2, 0) is 18.9 Å². The zero-order valence-corrected chi connectivity index (χ0v) is 16.0. The fraction of sp³-hybridized carbons (Fsp3) is 0.350. The van der Waals surface area contributed by atoms with Crippen molar-refractivity contribution in [2.45, 2.75) is 13.3 Å². The largest absolute Gasteiger partial charge is 0.372 e. The Bertz CT molecular complexity index is 913. The molecule has 0 saturated heterocycles. The van der Waals surface area contributed by atoms with Gasteiger partial charge in [0, 0.05) is 51.7 Å². The molecular formula is C20H26N4O3. The molecule has 0 atom stereocenters. The van der Waals surface area contributed by atoms with Crippen molar-refractivity contribution in [3.8, 4) is 0 Å². The van der Waals surface area contributed by atoms with Crippen LogP contribution in [0.5, 0.6) is 0 Å². The lowest BCUT2D eigenvalue weighted by Gasteiger charge is -2.23. The third-order valence-corrected chi connectivity index (χ3v) is 4.29. The van der Waals surface area contributed by atoms with E-state index in [1.165, 1.54) is 30.0 Å². The Hall–Kier alpha value is -3.09. The van der Waals surface area contributed by atoms with Gasteiger partial charge >= 0.3 is 5.69 Å². The summed E-state index contributed by atoms with van der Waals surface area (Å²) in [5.74, 6) is -0.270. The molecule has 0 spiro atoms. The molecule has 1 aromatic carbocycles. The number of carbonyl (C=O) groups excluding carboxylic acids is 1. The van der Waals surface area contributed by atoms with Crippen LogP contribution in [0.25, 0.3) is 6.08 Å². The lowest BCUT2D eigenvalue weighted by molar-refractivity contribution is -0.116. The topological polar surface area (TPSA) is 76.3 Å². The fourth-order valence-electron chi connectivity index (χ4n) is 2.77. The Kier molecular flexibility index (Phi) is 7.16. The third-order valence-electron chi connectivity index (χ3n) is 4.29. The summed E-state index contributed by atoms with van der Waals surface area (Å²) in [5, 5.41) is 2.81. The van der Waals surface area contributed by atoms with E-state index in [1.54, 1.807) is 7.05 Å². The Morgan fingerprint density at radius 1 is 1.19 bits per heavy atom. The maximum atomic E-state index is 12.0. The number of nitrogens with one attached hydrogen (secondary N) is 1. The van der Waals surface area contributed by atoms with Gasteiger partial charge in [-0.15, -0.1) is 0 Å². The molecular weight excluding hydrogens is 344 g/mol. The summed E-state index contributed by atoms with van der Waals surface area (Å²) in [4.78, 5) is 37.9. The maximum absolute atomic E-state index is 12.0. The molecule has 7 nitrogen and oxygen atoms in total. The van der Waals surface area contributed by atoms with Crippen molar-refractivity contribution in [3.05, 3.63) is 69.0 Å². The average Bonchev–Trinajstić information content (AvgIpc) is 2.68. The molecule has 2 aromatic rings. The molecule has 0 aliphatic heterocycles. The van der Waals surface area contributed by atoms with Crippen LogP contribution in [-0.4, -0.2) is 34.7 Å². The van der Waals surface area contributed by atoms with Crippen molar-refractivity contribution in [1.29, 1.82) is 0 Å². The molecule has 2 rings (SSSR count). The second-order valence-electron chi connectivity index (χ2n) is 6.24. The highest BCUT2D eigenvalue weighted by molar-refractivity contribution is 5.91. The summed E-state index contributed by atoms with van der Waals surface area (Å²) in [6.07, 6.45) is 4.98. The number of hydrogen-bond acceptors (Lipinski definition) is 4. The van der Waals surface area contributed by atoms with Gasteiger partial charge in [-0.2, -0.15) is 0 Å². The van der Waals surface area contributed by atoms with E-state index in [2.05, 4.69) is 29.3 Å². The van der Waals surface area contributed by atoms with Gasteiger partial charge in [-0.25, -0.2) is 4.79 Å². The highest BCUT2D eigenvalue weighted by atomic mass is 16.2. The first-order chi connectivity index (χ1) is 12.9. The van der Waals surface area contributed by atoms with E-state index >= 15 is 0 Å². The van der Waals surface area contributed by atoms with E-state index in [9.17, 15) is 14.4 Å².